The summed E-state index contributed by atoms with van der Waals surface area (Å²) >= 11 is 3.33. The summed E-state index contributed by atoms with van der Waals surface area (Å²) in [5, 5.41) is 3.21. The molecule has 2 heterocycles. The van der Waals surface area contributed by atoms with Gasteiger partial charge in [-0.15, -0.1) is 0 Å². The molecule has 156 valence electrons. The average molecular weight is 498 g/mol. The summed E-state index contributed by atoms with van der Waals surface area (Å²) in [5.74, 6) is -0.874. The quantitative estimate of drug-likeness (QED) is 0.316. The molecule has 9 heteroatoms. The SMILES string of the molecule is Cc1ccc(S(=O)(=O)Oc2c(C(=O)Nc3ccccc3)nc(Br)c3cccnc23)cc1. The highest BCUT2D eigenvalue weighted by molar-refractivity contribution is 9.10. The van der Waals surface area contributed by atoms with Gasteiger partial charge in [-0.1, -0.05) is 35.9 Å². The number of hydrogen-bond acceptors (Lipinski definition) is 6. The molecule has 1 amide bonds. The number of benzene rings is 2. The number of rotatable bonds is 5. The Labute approximate surface area is 187 Å². The number of pyridine rings is 2. The van der Waals surface area contributed by atoms with Gasteiger partial charge in [0.1, 0.15) is 15.0 Å². The van der Waals surface area contributed by atoms with E-state index in [2.05, 4.69) is 31.2 Å². The van der Waals surface area contributed by atoms with E-state index >= 15 is 0 Å². The lowest BCUT2D eigenvalue weighted by atomic mass is 10.2. The zero-order chi connectivity index (χ0) is 22.0. The molecule has 7 nitrogen and oxygen atoms in total. The third-order valence-corrected chi connectivity index (χ3v) is 6.26. The van der Waals surface area contributed by atoms with Crippen molar-refractivity contribution in [2.24, 2.45) is 0 Å². The first kappa shape index (κ1) is 21.0. The van der Waals surface area contributed by atoms with Crippen molar-refractivity contribution in [3.05, 3.63) is 88.8 Å². The largest absolute Gasteiger partial charge is 0.374 e. The van der Waals surface area contributed by atoms with Gasteiger partial charge in [0.25, 0.3) is 5.91 Å². The molecule has 0 unspecified atom stereocenters. The molecule has 1 N–H and O–H groups in total. The third kappa shape index (κ3) is 4.42. The minimum absolute atomic E-state index is 0.0421. The second-order valence-corrected chi connectivity index (χ2v) is 8.95. The highest BCUT2D eigenvalue weighted by Gasteiger charge is 2.27. The first-order valence-electron chi connectivity index (χ1n) is 9.17. The summed E-state index contributed by atoms with van der Waals surface area (Å²) in [7, 11) is -4.24. The molecular weight excluding hydrogens is 482 g/mol. The van der Waals surface area contributed by atoms with E-state index in [1.807, 2.05) is 13.0 Å². The summed E-state index contributed by atoms with van der Waals surface area (Å²) in [6.45, 7) is 1.85. The summed E-state index contributed by atoms with van der Waals surface area (Å²) in [4.78, 5) is 21.5. The van der Waals surface area contributed by atoms with Crippen molar-refractivity contribution in [1.29, 1.82) is 0 Å². The van der Waals surface area contributed by atoms with Crippen molar-refractivity contribution in [3.8, 4) is 5.75 Å². The Morgan fingerprint density at radius 1 is 1.00 bits per heavy atom. The standard InChI is InChI=1S/C22H16BrN3O4S/c1-14-9-11-16(12-10-14)31(28,29)30-20-18-17(8-5-13-24-18)21(23)26-19(20)22(27)25-15-6-3-2-4-7-15/h2-13H,1H3,(H,25,27). The van der Waals surface area contributed by atoms with Crippen LogP contribution in [0.1, 0.15) is 16.1 Å². The smallest absolute Gasteiger partial charge is 0.339 e. The number of halogens is 1. The van der Waals surface area contributed by atoms with Crippen LogP contribution in [0, 0.1) is 6.92 Å². The van der Waals surface area contributed by atoms with Crippen LogP contribution in [0.2, 0.25) is 0 Å². The number of aryl methyl sites for hydroxylation is 1. The Bertz CT molecular complexity index is 1380. The molecule has 0 atom stereocenters. The molecule has 0 aliphatic heterocycles. The molecule has 0 saturated heterocycles. The molecule has 0 aliphatic carbocycles. The molecular formula is C22H16BrN3O4S. The lowest BCUT2D eigenvalue weighted by molar-refractivity contribution is 0.102. The summed E-state index contributed by atoms with van der Waals surface area (Å²) < 4.78 is 31.7. The Morgan fingerprint density at radius 3 is 2.42 bits per heavy atom. The van der Waals surface area contributed by atoms with Crippen LogP contribution in [0.5, 0.6) is 5.75 Å². The van der Waals surface area contributed by atoms with E-state index in [9.17, 15) is 13.2 Å². The number of carbonyl (C=O) groups excluding carboxylic acids is 1. The molecule has 2 aromatic heterocycles. The first-order valence-corrected chi connectivity index (χ1v) is 11.4. The Morgan fingerprint density at radius 2 is 1.71 bits per heavy atom. The number of aromatic nitrogens is 2. The van der Waals surface area contributed by atoms with Gasteiger partial charge >= 0.3 is 10.1 Å². The summed E-state index contributed by atoms with van der Waals surface area (Å²) in [6, 6.07) is 18.3. The van der Waals surface area contributed by atoms with Crippen LogP contribution in [0.4, 0.5) is 5.69 Å². The minimum atomic E-state index is -4.24. The number of para-hydroxylation sites is 1. The van der Waals surface area contributed by atoms with Crippen LogP contribution in [0.25, 0.3) is 10.9 Å². The van der Waals surface area contributed by atoms with Gasteiger partial charge in [0, 0.05) is 17.3 Å². The minimum Gasteiger partial charge on any atom is -0.374 e. The predicted octanol–water partition coefficient (Wildman–Crippen LogP) is 4.72. The van der Waals surface area contributed by atoms with Gasteiger partial charge in [0.2, 0.25) is 5.75 Å². The molecule has 0 aliphatic rings. The monoisotopic (exact) mass is 497 g/mol. The average Bonchev–Trinajstić information content (AvgIpc) is 2.76. The summed E-state index contributed by atoms with van der Waals surface area (Å²) in [6.07, 6.45) is 1.49. The topological polar surface area (TPSA) is 98.2 Å². The Balaban J connectivity index is 1.84. The maximum Gasteiger partial charge on any atom is 0.339 e. The van der Waals surface area contributed by atoms with Gasteiger partial charge in [0.15, 0.2) is 5.69 Å². The molecule has 0 bridgehead atoms. The van der Waals surface area contributed by atoms with Crippen LogP contribution in [-0.4, -0.2) is 24.3 Å². The highest BCUT2D eigenvalue weighted by Crippen LogP contribution is 2.34. The maximum absolute atomic E-state index is 13.0. The van der Waals surface area contributed by atoms with Crippen LogP contribution >= 0.6 is 15.9 Å². The maximum atomic E-state index is 13.0. The number of amides is 1. The van der Waals surface area contributed by atoms with E-state index < -0.39 is 16.0 Å². The fraction of sp³-hybridized carbons (Fsp3) is 0.0455. The van der Waals surface area contributed by atoms with Gasteiger partial charge in [-0.05, 0) is 59.3 Å². The predicted molar refractivity (Wildman–Crippen MR) is 121 cm³/mol. The lowest BCUT2D eigenvalue weighted by Crippen LogP contribution is -2.19. The molecule has 4 rings (SSSR count). The molecule has 0 spiro atoms. The number of nitrogens with one attached hydrogen (secondary N) is 1. The highest BCUT2D eigenvalue weighted by atomic mass is 79.9. The molecule has 0 radical (unpaired) electrons. The van der Waals surface area contributed by atoms with Crippen molar-refractivity contribution in [2.45, 2.75) is 11.8 Å². The van der Waals surface area contributed by atoms with E-state index in [0.717, 1.165) is 5.56 Å². The zero-order valence-corrected chi connectivity index (χ0v) is 18.6. The van der Waals surface area contributed by atoms with Gasteiger partial charge < -0.3 is 9.50 Å². The van der Waals surface area contributed by atoms with Crippen LogP contribution in [0.15, 0.2) is 82.4 Å². The van der Waals surface area contributed by atoms with Gasteiger partial charge in [0.05, 0.1) is 0 Å². The van der Waals surface area contributed by atoms with E-state index in [1.54, 1.807) is 48.5 Å². The fourth-order valence-electron chi connectivity index (χ4n) is 2.88. The van der Waals surface area contributed by atoms with Crippen molar-refractivity contribution < 1.29 is 17.4 Å². The van der Waals surface area contributed by atoms with Crippen LogP contribution in [0.3, 0.4) is 0 Å². The van der Waals surface area contributed by atoms with Gasteiger partial charge in [-0.3, -0.25) is 9.78 Å². The number of carbonyl (C=O) groups is 1. The van der Waals surface area contributed by atoms with E-state index in [-0.39, 0.29) is 21.9 Å². The van der Waals surface area contributed by atoms with Gasteiger partial charge in [-0.25, -0.2) is 4.98 Å². The molecule has 4 aromatic rings. The van der Waals surface area contributed by atoms with Crippen LogP contribution in [-0.2, 0) is 10.1 Å². The Kier molecular flexibility index (Phi) is 5.71. The van der Waals surface area contributed by atoms with E-state index in [4.69, 9.17) is 4.18 Å². The number of fused-ring (bicyclic) bond motifs is 1. The number of anilines is 1. The molecule has 0 fully saturated rings. The Hall–Kier alpha value is -3.30. The van der Waals surface area contributed by atoms with Crippen molar-refractivity contribution in [3.63, 3.8) is 0 Å². The van der Waals surface area contributed by atoms with Crippen LogP contribution < -0.4 is 9.50 Å². The molecule has 2 aromatic carbocycles. The number of nitrogens with zero attached hydrogens (tertiary/aromatic N) is 2. The molecule has 31 heavy (non-hydrogen) atoms. The third-order valence-electron chi connectivity index (χ3n) is 4.42. The summed E-state index contributed by atoms with van der Waals surface area (Å²) in [5.41, 5.74) is 1.41. The van der Waals surface area contributed by atoms with Crippen molar-refractivity contribution in [2.75, 3.05) is 5.32 Å². The fourth-order valence-corrected chi connectivity index (χ4v) is 4.32. The number of hydrogen-bond donors (Lipinski definition) is 1. The lowest BCUT2D eigenvalue weighted by Gasteiger charge is -2.14. The van der Waals surface area contributed by atoms with Gasteiger partial charge in [-0.2, -0.15) is 8.42 Å². The first-order chi connectivity index (χ1) is 14.8. The second-order valence-electron chi connectivity index (χ2n) is 6.65. The van der Waals surface area contributed by atoms with Crippen molar-refractivity contribution in [1.82, 2.24) is 9.97 Å². The van der Waals surface area contributed by atoms with E-state index in [0.29, 0.717) is 15.7 Å². The normalized spacial score (nSPS) is 11.3. The molecule has 0 saturated carbocycles. The zero-order valence-electron chi connectivity index (χ0n) is 16.2. The van der Waals surface area contributed by atoms with E-state index in [1.165, 1.54) is 18.3 Å². The van der Waals surface area contributed by atoms with Crippen molar-refractivity contribution >= 4 is 48.5 Å². The second kappa shape index (κ2) is 8.44.